The third kappa shape index (κ3) is 3.72. The van der Waals surface area contributed by atoms with E-state index in [-0.39, 0.29) is 12.1 Å². The molecule has 0 saturated heterocycles. The minimum atomic E-state index is -0.523. The third-order valence-electron chi connectivity index (χ3n) is 1.82. The highest BCUT2D eigenvalue weighted by Crippen LogP contribution is 2.08. The van der Waals surface area contributed by atoms with Crippen molar-refractivity contribution in [2.45, 2.75) is 52.2 Å². The van der Waals surface area contributed by atoms with Gasteiger partial charge in [-0.1, -0.05) is 20.8 Å². The summed E-state index contributed by atoms with van der Waals surface area (Å²) < 4.78 is 5.01. The number of carbonyl (C=O) groups excluding carboxylic acids is 1. The Morgan fingerprint density at radius 3 is 2.25 bits per heavy atom. The summed E-state index contributed by atoms with van der Waals surface area (Å²) in [6.45, 7) is 5.51. The van der Waals surface area contributed by atoms with E-state index in [0.29, 0.717) is 19.3 Å². The van der Waals surface area contributed by atoms with Crippen LogP contribution >= 0.6 is 0 Å². The quantitative estimate of drug-likeness (QED) is 0.642. The lowest BCUT2D eigenvalue weighted by molar-refractivity contribution is -0.155. The number of ether oxygens (including phenoxy) is 1. The van der Waals surface area contributed by atoms with Gasteiger partial charge in [0.05, 0.1) is 6.10 Å². The van der Waals surface area contributed by atoms with Crippen molar-refractivity contribution >= 4 is 5.97 Å². The standard InChI is InChI=1S/C9H18O3/c1-4-7(10)8(5-2)12-9(11)6-3/h7-8,10H,4-6H2,1-3H3. The van der Waals surface area contributed by atoms with E-state index in [1.807, 2.05) is 13.8 Å². The van der Waals surface area contributed by atoms with Crippen LogP contribution in [0.1, 0.15) is 40.0 Å². The molecule has 0 aromatic rings. The number of hydrogen-bond acceptors (Lipinski definition) is 3. The lowest BCUT2D eigenvalue weighted by atomic mass is 10.1. The average Bonchev–Trinajstić information content (AvgIpc) is 2.12. The lowest BCUT2D eigenvalue weighted by Crippen LogP contribution is -2.29. The zero-order valence-corrected chi connectivity index (χ0v) is 8.04. The highest BCUT2D eigenvalue weighted by Gasteiger charge is 2.18. The molecular formula is C9H18O3. The number of carbonyl (C=O) groups is 1. The van der Waals surface area contributed by atoms with Crippen LogP contribution in [0, 0.1) is 0 Å². The molecule has 72 valence electrons. The second-order valence-corrected chi connectivity index (χ2v) is 2.77. The van der Waals surface area contributed by atoms with Crippen molar-refractivity contribution in [3.05, 3.63) is 0 Å². The van der Waals surface area contributed by atoms with Crippen molar-refractivity contribution in [3.8, 4) is 0 Å². The van der Waals surface area contributed by atoms with Gasteiger partial charge in [-0.2, -0.15) is 0 Å². The van der Waals surface area contributed by atoms with Crippen LogP contribution in [-0.2, 0) is 9.53 Å². The van der Waals surface area contributed by atoms with Gasteiger partial charge < -0.3 is 9.84 Å². The predicted molar refractivity (Wildman–Crippen MR) is 46.8 cm³/mol. The van der Waals surface area contributed by atoms with Crippen LogP contribution in [-0.4, -0.2) is 23.3 Å². The summed E-state index contributed by atoms with van der Waals surface area (Å²) in [6, 6.07) is 0. The van der Waals surface area contributed by atoms with E-state index in [1.165, 1.54) is 0 Å². The highest BCUT2D eigenvalue weighted by atomic mass is 16.6. The minimum Gasteiger partial charge on any atom is -0.460 e. The van der Waals surface area contributed by atoms with Crippen LogP contribution in [0.25, 0.3) is 0 Å². The van der Waals surface area contributed by atoms with Crippen LogP contribution in [0.15, 0.2) is 0 Å². The van der Waals surface area contributed by atoms with E-state index in [0.717, 1.165) is 0 Å². The first-order valence-corrected chi connectivity index (χ1v) is 4.53. The summed E-state index contributed by atoms with van der Waals surface area (Å²) >= 11 is 0. The lowest BCUT2D eigenvalue weighted by Gasteiger charge is -2.20. The zero-order chi connectivity index (χ0) is 9.56. The molecule has 3 heteroatoms. The van der Waals surface area contributed by atoms with E-state index < -0.39 is 6.10 Å². The molecule has 0 aromatic carbocycles. The van der Waals surface area contributed by atoms with Crippen molar-refractivity contribution in [2.75, 3.05) is 0 Å². The van der Waals surface area contributed by atoms with Crippen LogP contribution < -0.4 is 0 Å². The maximum Gasteiger partial charge on any atom is 0.305 e. The molecular weight excluding hydrogens is 156 g/mol. The second-order valence-electron chi connectivity index (χ2n) is 2.77. The largest absolute Gasteiger partial charge is 0.460 e. The van der Waals surface area contributed by atoms with Gasteiger partial charge in [-0.3, -0.25) is 4.79 Å². The fourth-order valence-electron chi connectivity index (χ4n) is 0.949. The van der Waals surface area contributed by atoms with E-state index in [1.54, 1.807) is 6.92 Å². The van der Waals surface area contributed by atoms with Gasteiger partial charge in [0.1, 0.15) is 6.10 Å². The van der Waals surface area contributed by atoms with Gasteiger partial charge in [0.2, 0.25) is 0 Å². The Labute approximate surface area is 73.7 Å². The summed E-state index contributed by atoms with van der Waals surface area (Å²) in [6.07, 6.45) is 0.802. The molecule has 0 fully saturated rings. The van der Waals surface area contributed by atoms with Gasteiger partial charge in [0, 0.05) is 6.42 Å². The summed E-state index contributed by atoms with van der Waals surface area (Å²) in [5.74, 6) is -0.241. The Hall–Kier alpha value is -0.570. The first-order chi connectivity index (χ1) is 5.65. The number of esters is 1. The molecule has 12 heavy (non-hydrogen) atoms. The average molecular weight is 174 g/mol. The molecule has 0 rings (SSSR count). The van der Waals surface area contributed by atoms with E-state index in [9.17, 15) is 9.90 Å². The van der Waals surface area contributed by atoms with Crippen molar-refractivity contribution in [3.63, 3.8) is 0 Å². The molecule has 0 aliphatic heterocycles. The van der Waals surface area contributed by atoms with Crippen molar-refractivity contribution in [1.82, 2.24) is 0 Å². The van der Waals surface area contributed by atoms with Gasteiger partial charge in [-0.15, -0.1) is 0 Å². The first-order valence-electron chi connectivity index (χ1n) is 4.53. The predicted octanol–water partition coefficient (Wildman–Crippen LogP) is 1.49. The van der Waals surface area contributed by atoms with Crippen LogP contribution in [0.5, 0.6) is 0 Å². The summed E-state index contributed by atoms with van der Waals surface area (Å²) in [5.41, 5.74) is 0. The number of hydrogen-bond donors (Lipinski definition) is 1. The smallest absolute Gasteiger partial charge is 0.305 e. The van der Waals surface area contributed by atoms with Crippen molar-refractivity contribution < 1.29 is 14.6 Å². The molecule has 2 unspecified atom stereocenters. The molecule has 0 aromatic heterocycles. The molecule has 2 atom stereocenters. The van der Waals surface area contributed by atoms with Crippen LogP contribution in [0.3, 0.4) is 0 Å². The topological polar surface area (TPSA) is 46.5 Å². The summed E-state index contributed by atoms with van der Waals surface area (Å²) in [5, 5.41) is 9.38. The Morgan fingerprint density at radius 1 is 1.33 bits per heavy atom. The van der Waals surface area contributed by atoms with Crippen molar-refractivity contribution in [2.24, 2.45) is 0 Å². The number of rotatable bonds is 5. The first kappa shape index (κ1) is 11.4. The van der Waals surface area contributed by atoms with Gasteiger partial charge in [0.25, 0.3) is 0 Å². The Bertz CT molecular complexity index is 134. The number of aliphatic hydroxyl groups excluding tert-OH is 1. The third-order valence-corrected chi connectivity index (χ3v) is 1.82. The molecule has 0 heterocycles. The fourth-order valence-corrected chi connectivity index (χ4v) is 0.949. The monoisotopic (exact) mass is 174 g/mol. The van der Waals surface area contributed by atoms with Crippen LogP contribution in [0.2, 0.25) is 0 Å². The second kappa shape index (κ2) is 6.00. The Morgan fingerprint density at radius 2 is 1.92 bits per heavy atom. The fraction of sp³-hybridized carbons (Fsp3) is 0.889. The van der Waals surface area contributed by atoms with Gasteiger partial charge >= 0.3 is 5.97 Å². The minimum absolute atomic E-state index is 0.241. The zero-order valence-electron chi connectivity index (χ0n) is 8.04. The van der Waals surface area contributed by atoms with Crippen molar-refractivity contribution in [1.29, 1.82) is 0 Å². The molecule has 0 aliphatic carbocycles. The molecule has 0 radical (unpaired) electrons. The number of aliphatic hydroxyl groups is 1. The molecule has 1 N–H and O–H groups in total. The summed E-state index contributed by atoms with van der Waals surface area (Å²) in [4.78, 5) is 10.9. The maximum atomic E-state index is 10.9. The molecule has 0 bridgehead atoms. The van der Waals surface area contributed by atoms with Crippen LogP contribution in [0.4, 0.5) is 0 Å². The molecule has 3 nitrogen and oxygen atoms in total. The highest BCUT2D eigenvalue weighted by molar-refractivity contribution is 5.69. The van der Waals surface area contributed by atoms with E-state index >= 15 is 0 Å². The molecule has 0 saturated carbocycles. The van der Waals surface area contributed by atoms with Gasteiger partial charge in [-0.25, -0.2) is 0 Å². The molecule has 0 aliphatic rings. The van der Waals surface area contributed by atoms with Gasteiger partial charge in [-0.05, 0) is 12.8 Å². The maximum absolute atomic E-state index is 10.9. The molecule has 0 amide bonds. The normalized spacial score (nSPS) is 15.3. The SMILES string of the molecule is CCC(=O)OC(CC)C(O)CC. The van der Waals surface area contributed by atoms with Gasteiger partial charge in [0.15, 0.2) is 0 Å². The van der Waals surface area contributed by atoms with E-state index in [4.69, 9.17) is 4.74 Å². The molecule has 0 spiro atoms. The Balaban J connectivity index is 3.90. The Kier molecular flexibility index (Phi) is 5.72. The summed E-state index contributed by atoms with van der Waals surface area (Å²) in [7, 11) is 0. The van der Waals surface area contributed by atoms with E-state index in [2.05, 4.69) is 0 Å².